The van der Waals surface area contributed by atoms with Gasteiger partial charge in [-0.15, -0.1) is 0 Å². The molecule has 0 radical (unpaired) electrons. The van der Waals surface area contributed by atoms with Gasteiger partial charge in [0.2, 0.25) is 7.51 Å². The third kappa shape index (κ3) is 3.59. The van der Waals surface area contributed by atoms with Crippen LogP contribution in [0.3, 0.4) is 0 Å². The topological polar surface area (TPSA) is 43.6 Å². The minimum absolute atomic E-state index is 0.784. The van der Waals surface area contributed by atoms with E-state index in [-0.39, 0.29) is 0 Å². The first kappa shape index (κ1) is 18.1. The van der Waals surface area contributed by atoms with E-state index in [0.717, 1.165) is 32.6 Å². The predicted octanol–water partition coefficient (Wildman–Crippen LogP) is 7.32. The molecular formula is C10H16Cl4N5P3. The molecule has 3 aliphatic rings. The molecule has 1 fully saturated rings. The van der Waals surface area contributed by atoms with Gasteiger partial charge in [0.15, 0.2) is 0 Å². The Balaban J connectivity index is 2.08. The van der Waals surface area contributed by atoms with Crippen molar-refractivity contribution in [3.05, 3.63) is 23.8 Å². The second kappa shape index (κ2) is 6.52. The first-order chi connectivity index (χ1) is 10.3. The van der Waals surface area contributed by atoms with Crippen LogP contribution in [0, 0.1) is 0 Å². The van der Waals surface area contributed by atoms with E-state index in [9.17, 15) is 0 Å². The largest absolute Gasteiger partial charge is 0.257 e. The first-order valence-electron chi connectivity index (χ1n) is 6.82. The van der Waals surface area contributed by atoms with Crippen LogP contribution < -0.4 is 0 Å². The molecule has 0 bridgehead atoms. The van der Waals surface area contributed by atoms with E-state index in [1.807, 2.05) is 0 Å². The normalized spacial score (nSPS) is 33.4. The quantitative estimate of drug-likeness (QED) is 0.431. The molecule has 1 saturated heterocycles. The molecular weight excluding hydrogens is 425 g/mol. The van der Waals surface area contributed by atoms with Gasteiger partial charge in [0.05, 0.1) is 0 Å². The molecule has 2 heterocycles. The molecule has 0 saturated carbocycles. The van der Waals surface area contributed by atoms with E-state index in [1.54, 1.807) is 0 Å². The van der Waals surface area contributed by atoms with Crippen LogP contribution in [0.15, 0.2) is 37.3 Å². The molecule has 0 N–H and O–H groups in total. The third-order valence-electron chi connectivity index (χ3n) is 3.64. The van der Waals surface area contributed by atoms with Crippen LogP contribution >= 0.6 is 64.3 Å². The van der Waals surface area contributed by atoms with Crippen molar-refractivity contribution in [2.75, 3.05) is 26.2 Å². The zero-order valence-electron chi connectivity index (χ0n) is 11.9. The fraction of sp³-hybridized carbons (Fsp3) is 0.600. The minimum Gasteiger partial charge on any atom is -0.239 e. The number of likely N-dealkylation sites (N-methyl/N-ethyl adjacent to an activating group) is 1. The summed E-state index contributed by atoms with van der Waals surface area (Å²) in [4.78, 5) is 0. The molecule has 12 heteroatoms. The third-order valence-corrected chi connectivity index (χ3v) is 16.2. The molecule has 1 spiro atoms. The van der Waals surface area contributed by atoms with Crippen molar-refractivity contribution in [2.45, 2.75) is 13.3 Å². The van der Waals surface area contributed by atoms with Crippen LogP contribution in [0.2, 0.25) is 0 Å². The molecule has 0 aromatic rings. The zero-order chi connectivity index (χ0) is 16.0. The average molecular weight is 441 g/mol. The number of nitrogens with zero attached hydrogens (tertiary/aromatic N) is 5. The lowest BCUT2D eigenvalue weighted by Crippen LogP contribution is -2.20. The highest BCUT2D eigenvalue weighted by molar-refractivity contribution is 8.20. The Kier molecular flexibility index (Phi) is 5.35. The Bertz CT molecular complexity index is 696. The monoisotopic (exact) mass is 439 g/mol. The lowest BCUT2D eigenvalue weighted by molar-refractivity contribution is 0.490. The van der Waals surface area contributed by atoms with Crippen LogP contribution in [0.4, 0.5) is 0 Å². The molecule has 1 atom stereocenters. The van der Waals surface area contributed by atoms with E-state index < -0.39 is 19.3 Å². The highest BCUT2D eigenvalue weighted by Gasteiger charge is 2.45. The zero-order valence-corrected chi connectivity index (χ0v) is 17.6. The van der Waals surface area contributed by atoms with Crippen molar-refractivity contribution in [1.82, 2.24) is 9.34 Å². The molecule has 2 aliphatic heterocycles. The van der Waals surface area contributed by atoms with Gasteiger partial charge in [-0.3, -0.25) is 0 Å². The van der Waals surface area contributed by atoms with Crippen molar-refractivity contribution in [3.63, 3.8) is 0 Å². The lowest BCUT2D eigenvalue weighted by Gasteiger charge is -2.35. The maximum absolute atomic E-state index is 6.32. The Morgan fingerprint density at radius 2 is 1.73 bits per heavy atom. The van der Waals surface area contributed by atoms with E-state index in [1.165, 1.54) is 5.57 Å². The van der Waals surface area contributed by atoms with Gasteiger partial charge in [-0.25, -0.2) is 9.34 Å². The molecule has 5 nitrogen and oxygen atoms in total. The second-order valence-electron chi connectivity index (χ2n) is 5.11. The molecule has 1 unspecified atom stereocenters. The summed E-state index contributed by atoms with van der Waals surface area (Å²) in [7, 11) is -2.43. The molecule has 0 aromatic carbocycles. The summed E-state index contributed by atoms with van der Waals surface area (Å²) in [5.41, 5.74) is 1.33. The van der Waals surface area contributed by atoms with Crippen LogP contribution in [0.25, 0.3) is 0 Å². The van der Waals surface area contributed by atoms with Crippen LogP contribution in [0.1, 0.15) is 13.3 Å². The van der Waals surface area contributed by atoms with E-state index in [2.05, 4.69) is 39.0 Å². The number of hydrogen-bond donors (Lipinski definition) is 0. The summed E-state index contributed by atoms with van der Waals surface area (Å²) in [6.45, 7) is 5.37. The second-order valence-corrected chi connectivity index (χ2v) is 18.0. The fourth-order valence-corrected chi connectivity index (χ4v) is 19.2. The van der Waals surface area contributed by atoms with Crippen molar-refractivity contribution >= 4 is 64.3 Å². The van der Waals surface area contributed by atoms with Crippen LogP contribution in [-0.4, -0.2) is 35.5 Å². The van der Waals surface area contributed by atoms with Gasteiger partial charge >= 0.3 is 0 Å². The molecule has 3 rings (SSSR count). The van der Waals surface area contributed by atoms with E-state index >= 15 is 0 Å². The van der Waals surface area contributed by atoms with Crippen LogP contribution in [-0.2, 0) is 0 Å². The first-order valence-corrected chi connectivity index (χ1v) is 15.4. The number of rotatable bonds is 3. The molecule has 124 valence electrons. The molecule has 0 amide bonds. The van der Waals surface area contributed by atoms with Gasteiger partial charge in [0.1, 0.15) is 0 Å². The summed E-state index contributed by atoms with van der Waals surface area (Å²) < 4.78 is 18.0. The Hall–Kier alpha value is 1.25. The van der Waals surface area contributed by atoms with Crippen LogP contribution in [0.5, 0.6) is 0 Å². The maximum atomic E-state index is 6.32. The highest BCUT2D eigenvalue weighted by atomic mass is 35.9. The van der Waals surface area contributed by atoms with Gasteiger partial charge in [-0.1, -0.05) is 30.7 Å². The van der Waals surface area contributed by atoms with Gasteiger partial charge in [-0.2, -0.15) is 13.5 Å². The summed E-state index contributed by atoms with van der Waals surface area (Å²) in [5, 5.41) is 0. The van der Waals surface area contributed by atoms with Crippen molar-refractivity contribution in [1.29, 1.82) is 0 Å². The average Bonchev–Trinajstić information content (AvgIpc) is 2.96. The van der Waals surface area contributed by atoms with Crippen molar-refractivity contribution in [2.24, 2.45) is 13.5 Å². The lowest BCUT2D eigenvalue weighted by atomic mass is 10.2. The minimum atomic E-state index is -2.89. The highest BCUT2D eigenvalue weighted by Crippen LogP contribution is 2.87. The Labute approximate surface area is 150 Å². The predicted molar refractivity (Wildman–Crippen MR) is 102 cm³/mol. The van der Waals surface area contributed by atoms with E-state index in [4.69, 9.17) is 54.0 Å². The molecule has 0 aromatic heterocycles. The number of allylic oxidation sites excluding steroid dienone is 3. The van der Waals surface area contributed by atoms with Gasteiger partial charge in [0.25, 0.3) is 11.8 Å². The van der Waals surface area contributed by atoms with Crippen molar-refractivity contribution < 1.29 is 0 Å². The van der Waals surface area contributed by atoms with Crippen molar-refractivity contribution in [3.8, 4) is 0 Å². The molecule has 22 heavy (non-hydrogen) atoms. The standard InChI is InChI=1S/C10H16Cl4N5P3/c1-2-18-7-8-19(9-10-5-3-4-6-10)22(18)16-20(11,12)15-21(13,14)17-22/h3-5H,2,6-9H2,1H3. The smallest absolute Gasteiger partial charge is 0.239 e. The maximum Gasteiger partial charge on any atom is 0.257 e. The van der Waals surface area contributed by atoms with Gasteiger partial charge in [0, 0.05) is 26.2 Å². The number of hydrogen-bond acceptors (Lipinski definition) is 5. The summed E-state index contributed by atoms with van der Waals surface area (Å²) in [6, 6.07) is 0. The van der Waals surface area contributed by atoms with Gasteiger partial charge in [-0.05, 0) is 51.4 Å². The Morgan fingerprint density at radius 3 is 2.32 bits per heavy atom. The summed E-state index contributed by atoms with van der Waals surface area (Å²) >= 11 is 25.3. The summed E-state index contributed by atoms with van der Waals surface area (Å²) in [6.07, 6.45) is 7.29. The number of halogens is 4. The van der Waals surface area contributed by atoms with Gasteiger partial charge < -0.3 is 0 Å². The SMILES string of the molecule is CCN1CCN(CC2=CC=CC2)P12=NP(Cl)(Cl)=NP(Cl)(Cl)=N2. The molecule has 1 aliphatic carbocycles. The van der Waals surface area contributed by atoms with E-state index in [0.29, 0.717) is 0 Å². The Morgan fingerprint density at radius 1 is 1.05 bits per heavy atom. The fourth-order valence-electron chi connectivity index (χ4n) is 2.74. The summed E-state index contributed by atoms with van der Waals surface area (Å²) in [5.74, 6) is -5.78.